The second-order valence-corrected chi connectivity index (χ2v) is 5.44. The maximum Gasteiger partial charge on any atom is 0.127 e. The maximum absolute atomic E-state index is 5.97. The van der Waals surface area contributed by atoms with E-state index in [1.165, 1.54) is 16.7 Å². The van der Waals surface area contributed by atoms with Gasteiger partial charge >= 0.3 is 0 Å². The van der Waals surface area contributed by atoms with Crippen molar-refractivity contribution in [2.75, 3.05) is 0 Å². The molecule has 0 aliphatic heterocycles. The van der Waals surface area contributed by atoms with Crippen molar-refractivity contribution in [2.24, 2.45) is 5.73 Å². The van der Waals surface area contributed by atoms with Crippen LogP contribution in [0.2, 0.25) is 0 Å². The molecule has 2 aromatic carbocycles. The second-order valence-electron chi connectivity index (χ2n) is 5.44. The molecule has 2 nitrogen and oxygen atoms in total. The van der Waals surface area contributed by atoms with Crippen LogP contribution in [0.25, 0.3) is 0 Å². The first-order valence-corrected chi connectivity index (χ1v) is 7.17. The molecule has 20 heavy (non-hydrogen) atoms. The predicted molar refractivity (Wildman–Crippen MR) is 84.4 cm³/mol. The first kappa shape index (κ1) is 14.6. The highest BCUT2D eigenvalue weighted by Crippen LogP contribution is 2.24. The van der Waals surface area contributed by atoms with Crippen LogP contribution in [-0.4, -0.2) is 6.04 Å². The molecule has 0 saturated heterocycles. The van der Waals surface area contributed by atoms with Crippen LogP contribution in [0.15, 0.2) is 42.5 Å². The van der Waals surface area contributed by atoms with Gasteiger partial charge in [-0.3, -0.25) is 0 Å². The van der Waals surface area contributed by atoms with Crippen molar-refractivity contribution in [3.8, 4) is 11.5 Å². The largest absolute Gasteiger partial charge is 0.457 e. The molecule has 0 heterocycles. The van der Waals surface area contributed by atoms with Crippen LogP contribution in [0.4, 0.5) is 0 Å². The Morgan fingerprint density at radius 2 is 1.55 bits per heavy atom. The summed E-state index contributed by atoms with van der Waals surface area (Å²) in [5.74, 6) is 1.75. The van der Waals surface area contributed by atoms with Gasteiger partial charge in [-0.25, -0.2) is 0 Å². The van der Waals surface area contributed by atoms with Gasteiger partial charge in [0, 0.05) is 6.04 Å². The summed E-state index contributed by atoms with van der Waals surface area (Å²) in [5, 5.41) is 0. The molecular weight excluding hydrogens is 246 g/mol. The average Bonchev–Trinajstić information content (AvgIpc) is 2.39. The summed E-state index contributed by atoms with van der Waals surface area (Å²) >= 11 is 0. The van der Waals surface area contributed by atoms with Gasteiger partial charge in [-0.2, -0.15) is 0 Å². The molecule has 0 spiro atoms. The van der Waals surface area contributed by atoms with Gasteiger partial charge in [0.25, 0.3) is 0 Å². The number of hydrogen-bond donors (Lipinski definition) is 1. The molecule has 0 amide bonds. The third-order valence-corrected chi connectivity index (χ3v) is 3.38. The van der Waals surface area contributed by atoms with Gasteiger partial charge < -0.3 is 10.5 Å². The summed E-state index contributed by atoms with van der Waals surface area (Å²) in [6.07, 6.45) is 1.92. The van der Waals surface area contributed by atoms with Gasteiger partial charge in [0.2, 0.25) is 0 Å². The molecule has 0 radical (unpaired) electrons. The van der Waals surface area contributed by atoms with Crippen LogP contribution in [-0.2, 0) is 6.42 Å². The van der Waals surface area contributed by atoms with Gasteiger partial charge in [0.05, 0.1) is 0 Å². The zero-order valence-corrected chi connectivity index (χ0v) is 12.5. The number of rotatable bonds is 5. The monoisotopic (exact) mass is 269 g/mol. The summed E-state index contributed by atoms with van der Waals surface area (Å²) < 4.78 is 5.90. The van der Waals surface area contributed by atoms with Crippen LogP contribution < -0.4 is 10.5 Å². The first-order chi connectivity index (χ1) is 9.56. The molecular formula is C18H23NO. The molecule has 1 unspecified atom stereocenters. The van der Waals surface area contributed by atoms with E-state index in [0.717, 1.165) is 24.3 Å². The van der Waals surface area contributed by atoms with E-state index in [1.54, 1.807) is 0 Å². The molecule has 2 N–H and O–H groups in total. The minimum atomic E-state index is 0.237. The zero-order valence-electron chi connectivity index (χ0n) is 12.5. The molecule has 0 aliphatic carbocycles. The predicted octanol–water partition coefficient (Wildman–Crippen LogP) is 4.38. The SMILES string of the molecule is CCC(N)Cc1ccc(Oc2cc(C)cc(C)c2)cc1. The molecule has 0 saturated carbocycles. The van der Waals surface area contributed by atoms with Crippen LogP contribution in [0, 0.1) is 13.8 Å². The second kappa shape index (κ2) is 6.58. The molecule has 2 rings (SSSR count). The van der Waals surface area contributed by atoms with Gasteiger partial charge in [-0.15, -0.1) is 0 Å². The fourth-order valence-corrected chi connectivity index (χ4v) is 2.27. The van der Waals surface area contributed by atoms with Gasteiger partial charge in [-0.1, -0.05) is 25.1 Å². The molecule has 0 aliphatic rings. The van der Waals surface area contributed by atoms with Crippen molar-refractivity contribution < 1.29 is 4.74 Å². The van der Waals surface area contributed by atoms with Crippen LogP contribution in [0.3, 0.4) is 0 Å². The number of hydrogen-bond acceptors (Lipinski definition) is 2. The van der Waals surface area contributed by atoms with Crippen LogP contribution in [0.1, 0.15) is 30.0 Å². The van der Waals surface area contributed by atoms with Gasteiger partial charge in [0.1, 0.15) is 11.5 Å². The average molecular weight is 269 g/mol. The lowest BCUT2D eigenvalue weighted by Crippen LogP contribution is -2.21. The number of nitrogens with two attached hydrogens (primary N) is 1. The molecule has 106 valence electrons. The van der Waals surface area contributed by atoms with Crippen molar-refractivity contribution in [1.82, 2.24) is 0 Å². The Balaban J connectivity index is 2.06. The maximum atomic E-state index is 5.97. The zero-order chi connectivity index (χ0) is 14.5. The Kier molecular flexibility index (Phi) is 4.80. The minimum absolute atomic E-state index is 0.237. The summed E-state index contributed by atoms with van der Waals surface area (Å²) in [6, 6.07) is 14.7. The third kappa shape index (κ3) is 4.10. The normalized spacial score (nSPS) is 12.2. The van der Waals surface area contributed by atoms with E-state index in [0.29, 0.717) is 0 Å². The van der Waals surface area contributed by atoms with Crippen LogP contribution in [0.5, 0.6) is 11.5 Å². The summed E-state index contributed by atoms with van der Waals surface area (Å²) in [7, 11) is 0. The Labute approximate surface area is 121 Å². The highest BCUT2D eigenvalue weighted by atomic mass is 16.5. The number of benzene rings is 2. The summed E-state index contributed by atoms with van der Waals surface area (Å²) in [4.78, 5) is 0. The fraction of sp³-hybridized carbons (Fsp3) is 0.333. The van der Waals surface area contributed by atoms with Gasteiger partial charge in [-0.05, 0) is 67.6 Å². The van der Waals surface area contributed by atoms with E-state index in [4.69, 9.17) is 10.5 Å². The van der Waals surface area contributed by atoms with E-state index < -0.39 is 0 Å². The lowest BCUT2D eigenvalue weighted by Gasteiger charge is -2.11. The van der Waals surface area contributed by atoms with E-state index >= 15 is 0 Å². The highest BCUT2D eigenvalue weighted by Gasteiger charge is 2.03. The number of ether oxygens (including phenoxy) is 1. The van der Waals surface area contributed by atoms with E-state index in [-0.39, 0.29) is 6.04 Å². The molecule has 2 heteroatoms. The van der Waals surface area contributed by atoms with Crippen LogP contribution >= 0.6 is 0 Å². The Morgan fingerprint density at radius 1 is 0.950 bits per heavy atom. The molecule has 0 bridgehead atoms. The number of aryl methyl sites for hydroxylation is 2. The van der Waals surface area contributed by atoms with E-state index in [2.05, 4.69) is 39.0 Å². The third-order valence-electron chi connectivity index (χ3n) is 3.38. The molecule has 0 aromatic heterocycles. The summed E-state index contributed by atoms with van der Waals surface area (Å²) in [6.45, 7) is 6.27. The minimum Gasteiger partial charge on any atom is -0.457 e. The Hall–Kier alpha value is -1.80. The fourth-order valence-electron chi connectivity index (χ4n) is 2.27. The summed E-state index contributed by atoms with van der Waals surface area (Å²) in [5.41, 5.74) is 9.65. The van der Waals surface area contributed by atoms with Crippen molar-refractivity contribution in [2.45, 2.75) is 39.7 Å². The topological polar surface area (TPSA) is 35.2 Å². The highest BCUT2D eigenvalue weighted by molar-refractivity contribution is 5.37. The van der Waals surface area contributed by atoms with E-state index in [1.807, 2.05) is 24.3 Å². The lowest BCUT2D eigenvalue weighted by atomic mass is 10.0. The van der Waals surface area contributed by atoms with Crippen molar-refractivity contribution in [3.63, 3.8) is 0 Å². The van der Waals surface area contributed by atoms with E-state index in [9.17, 15) is 0 Å². The molecule has 1 atom stereocenters. The Bertz CT molecular complexity index is 540. The molecule has 2 aromatic rings. The standard InChI is InChI=1S/C18H23NO/c1-4-16(19)12-15-5-7-17(8-6-15)20-18-10-13(2)9-14(3)11-18/h5-11,16H,4,12,19H2,1-3H3. The Morgan fingerprint density at radius 3 is 2.10 bits per heavy atom. The first-order valence-electron chi connectivity index (χ1n) is 7.17. The van der Waals surface area contributed by atoms with Gasteiger partial charge in [0.15, 0.2) is 0 Å². The molecule has 0 fully saturated rings. The smallest absolute Gasteiger partial charge is 0.127 e. The van der Waals surface area contributed by atoms with Crippen molar-refractivity contribution >= 4 is 0 Å². The quantitative estimate of drug-likeness (QED) is 0.874. The lowest BCUT2D eigenvalue weighted by molar-refractivity contribution is 0.481. The van der Waals surface area contributed by atoms with Crippen molar-refractivity contribution in [3.05, 3.63) is 59.2 Å². The van der Waals surface area contributed by atoms with Crippen molar-refractivity contribution in [1.29, 1.82) is 0 Å².